The number of aliphatic hydroxyl groups is 1. The number of rotatable bonds is 7. The summed E-state index contributed by atoms with van der Waals surface area (Å²) in [6.45, 7) is 5.28. The third kappa shape index (κ3) is 5.14. The number of hydrogen-bond acceptors (Lipinski definition) is 3. The first-order valence-electron chi connectivity index (χ1n) is 5.74. The normalized spacial score (nSPS) is 17.9. The van der Waals surface area contributed by atoms with Crippen LogP contribution in [0.2, 0.25) is 0 Å². The Labute approximate surface area is 91.4 Å². The van der Waals surface area contributed by atoms with Crippen molar-refractivity contribution in [2.24, 2.45) is 11.8 Å². The van der Waals surface area contributed by atoms with E-state index in [0.29, 0.717) is 6.54 Å². The van der Waals surface area contributed by atoms with E-state index in [2.05, 4.69) is 10.6 Å². The molecule has 0 heterocycles. The van der Waals surface area contributed by atoms with E-state index in [1.165, 1.54) is 12.8 Å². The van der Waals surface area contributed by atoms with Gasteiger partial charge in [-0.2, -0.15) is 0 Å². The predicted molar refractivity (Wildman–Crippen MR) is 59.4 cm³/mol. The fraction of sp³-hybridized carbons (Fsp3) is 0.909. The summed E-state index contributed by atoms with van der Waals surface area (Å²) < 4.78 is 0. The highest BCUT2D eigenvalue weighted by atomic mass is 16.3. The standard InChI is InChI=1S/C11H22N2O2/c1-8(2)10(7-14)13-11(15)6-12-5-9-3-4-9/h8-10,12,14H,3-7H2,1-2H3,(H,13,15)/t10-/m1/s1. The molecular weight excluding hydrogens is 192 g/mol. The molecule has 1 amide bonds. The van der Waals surface area contributed by atoms with Gasteiger partial charge in [0.15, 0.2) is 0 Å². The third-order valence-electron chi connectivity index (χ3n) is 2.76. The van der Waals surface area contributed by atoms with Crippen LogP contribution in [0.25, 0.3) is 0 Å². The minimum atomic E-state index is -0.125. The second-order valence-corrected chi connectivity index (χ2v) is 4.67. The number of carbonyl (C=O) groups excluding carboxylic acids is 1. The summed E-state index contributed by atoms with van der Waals surface area (Å²) in [5.41, 5.74) is 0. The summed E-state index contributed by atoms with van der Waals surface area (Å²) in [5, 5.41) is 15.0. The second kappa shape index (κ2) is 6.08. The molecule has 0 spiro atoms. The van der Waals surface area contributed by atoms with Gasteiger partial charge in [0.05, 0.1) is 19.2 Å². The fourth-order valence-electron chi connectivity index (χ4n) is 1.39. The van der Waals surface area contributed by atoms with Crippen LogP contribution in [0, 0.1) is 11.8 Å². The Morgan fingerprint density at radius 3 is 2.60 bits per heavy atom. The minimum absolute atomic E-state index is 0.00598. The van der Waals surface area contributed by atoms with Crippen molar-refractivity contribution in [2.75, 3.05) is 19.7 Å². The third-order valence-corrected chi connectivity index (χ3v) is 2.76. The monoisotopic (exact) mass is 214 g/mol. The molecule has 0 bridgehead atoms. The lowest BCUT2D eigenvalue weighted by Crippen LogP contribution is -2.45. The molecule has 4 nitrogen and oxygen atoms in total. The van der Waals surface area contributed by atoms with E-state index < -0.39 is 0 Å². The molecule has 15 heavy (non-hydrogen) atoms. The van der Waals surface area contributed by atoms with Gasteiger partial charge in [-0.05, 0) is 31.2 Å². The van der Waals surface area contributed by atoms with Crippen molar-refractivity contribution in [1.29, 1.82) is 0 Å². The van der Waals surface area contributed by atoms with E-state index in [0.717, 1.165) is 12.5 Å². The lowest BCUT2D eigenvalue weighted by Gasteiger charge is -2.19. The average Bonchev–Trinajstić information content (AvgIpc) is 2.97. The summed E-state index contributed by atoms with van der Waals surface area (Å²) in [4.78, 5) is 11.4. The topological polar surface area (TPSA) is 61.4 Å². The summed E-state index contributed by atoms with van der Waals surface area (Å²) in [7, 11) is 0. The average molecular weight is 214 g/mol. The first-order chi connectivity index (χ1) is 7.13. The molecule has 0 unspecified atom stereocenters. The van der Waals surface area contributed by atoms with Gasteiger partial charge in [-0.3, -0.25) is 4.79 Å². The van der Waals surface area contributed by atoms with Gasteiger partial charge < -0.3 is 15.7 Å². The van der Waals surface area contributed by atoms with Gasteiger partial charge in [0.2, 0.25) is 5.91 Å². The molecule has 4 heteroatoms. The Hall–Kier alpha value is -0.610. The zero-order valence-electron chi connectivity index (χ0n) is 9.62. The van der Waals surface area contributed by atoms with Crippen molar-refractivity contribution >= 4 is 5.91 Å². The van der Waals surface area contributed by atoms with Gasteiger partial charge in [0, 0.05) is 0 Å². The van der Waals surface area contributed by atoms with Crippen molar-refractivity contribution < 1.29 is 9.90 Å². The van der Waals surface area contributed by atoms with E-state index in [4.69, 9.17) is 5.11 Å². The van der Waals surface area contributed by atoms with Crippen LogP contribution in [0.3, 0.4) is 0 Å². The molecule has 3 N–H and O–H groups in total. The summed E-state index contributed by atoms with van der Waals surface area (Å²) in [6, 6.07) is -0.125. The first-order valence-corrected chi connectivity index (χ1v) is 5.74. The maximum Gasteiger partial charge on any atom is 0.234 e. The number of amides is 1. The number of aliphatic hydroxyl groups excluding tert-OH is 1. The molecule has 1 aliphatic carbocycles. The maximum atomic E-state index is 11.4. The van der Waals surface area contributed by atoms with E-state index in [-0.39, 0.29) is 24.5 Å². The van der Waals surface area contributed by atoms with Gasteiger partial charge in [0.1, 0.15) is 0 Å². The molecule has 0 aromatic rings. The summed E-state index contributed by atoms with van der Waals surface area (Å²) >= 11 is 0. The molecule has 1 atom stereocenters. The quantitative estimate of drug-likeness (QED) is 0.564. The molecule has 0 aliphatic heterocycles. The molecule has 88 valence electrons. The van der Waals surface area contributed by atoms with E-state index in [1.807, 2.05) is 13.8 Å². The van der Waals surface area contributed by atoms with E-state index >= 15 is 0 Å². The van der Waals surface area contributed by atoms with Crippen LogP contribution < -0.4 is 10.6 Å². The smallest absolute Gasteiger partial charge is 0.234 e. The number of nitrogens with one attached hydrogen (secondary N) is 2. The molecule has 1 fully saturated rings. The Morgan fingerprint density at radius 2 is 2.13 bits per heavy atom. The zero-order chi connectivity index (χ0) is 11.3. The fourth-order valence-corrected chi connectivity index (χ4v) is 1.39. The molecule has 0 aromatic carbocycles. The highest BCUT2D eigenvalue weighted by molar-refractivity contribution is 5.78. The van der Waals surface area contributed by atoms with Crippen LogP contribution in [0.5, 0.6) is 0 Å². The van der Waals surface area contributed by atoms with Crippen molar-refractivity contribution in [3.8, 4) is 0 Å². The lowest BCUT2D eigenvalue weighted by atomic mass is 10.1. The molecule has 0 radical (unpaired) electrons. The SMILES string of the molecule is CC(C)[C@@H](CO)NC(=O)CNCC1CC1. The Morgan fingerprint density at radius 1 is 1.47 bits per heavy atom. The zero-order valence-corrected chi connectivity index (χ0v) is 9.62. The first kappa shape index (κ1) is 12.5. The van der Waals surface area contributed by atoms with Crippen LogP contribution in [0.15, 0.2) is 0 Å². The molecule has 0 saturated heterocycles. The van der Waals surface area contributed by atoms with Crippen molar-refractivity contribution in [1.82, 2.24) is 10.6 Å². The highest BCUT2D eigenvalue weighted by Gasteiger charge is 2.21. The van der Waals surface area contributed by atoms with Crippen molar-refractivity contribution in [3.05, 3.63) is 0 Å². The number of hydrogen-bond donors (Lipinski definition) is 3. The van der Waals surface area contributed by atoms with Crippen molar-refractivity contribution in [2.45, 2.75) is 32.7 Å². The van der Waals surface area contributed by atoms with Gasteiger partial charge >= 0.3 is 0 Å². The van der Waals surface area contributed by atoms with Crippen LogP contribution in [-0.4, -0.2) is 36.8 Å². The minimum Gasteiger partial charge on any atom is -0.394 e. The van der Waals surface area contributed by atoms with Gasteiger partial charge in [0.25, 0.3) is 0 Å². The maximum absolute atomic E-state index is 11.4. The van der Waals surface area contributed by atoms with Crippen LogP contribution in [0.4, 0.5) is 0 Å². The Kier molecular flexibility index (Phi) is 5.05. The van der Waals surface area contributed by atoms with Gasteiger partial charge in [-0.25, -0.2) is 0 Å². The molecular formula is C11H22N2O2. The van der Waals surface area contributed by atoms with E-state index in [9.17, 15) is 4.79 Å². The molecule has 1 aliphatic rings. The van der Waals surface area contributed by atoms with Crippen molar-refractivity contribution in [3.63, 3.8) is 0 Å². The Bertz CT molecular complexity index is 203. The molecule has 1 saturated carbocycles. The second-order valence-electron chi connectivity index (χ2n) is 4.67. The van der Waals surface area contributed by atoms with Gasteiger partial charge in [-0.1, -0.05) is 13.8 Å². The highest BCUT2D eigenvalue weighted by Crippen LogP contribution is 2.27. The van der Waals surface area contributed by atoms with Crippen LogP contribution in [-0.2, 0) is 4.79 Å². The molecule has 0 aromatic heterocycles. The summed E-state index contributed by atoms with van der Waals surface area (Å²) in [6.07, 6.45) is 2.58. The van der Waals surface area contributed by atoms with Crippen LogP contribution in [0.1, 0.15) is 26.7 Å². The number of carbonyl (C=O) groups is 1. The molecule has 1 rings (SSSR count). The van der Waals surface area contributed by atoms with Crippen LogP contribution >= 0.6 is 0 Å². The van der Waals surface area contributed by atoms with Gasteiger partial charge in [-0.15, -0.1) is 0 Å². The van der Waals surface area contributed by atoms with E-state index in [1.54, 1.807) is 0 Å². The largest absolute Gasteiger partial charge is 0.394 e. The predicted octanol–water partition coefficient (Wildman–Crippen LogP) is 0.119. The summed E-state index contributed by atoms with van der Waals surface area (Å²) in [5.74, 6) is 1.03. The Balaban J connectivity index is 2.09. The lowest BCUT2D eigenvalue weighted by molar-refractivity contribution is -0.121.